The van der Waals surface area contributed by atoms with E-state index in [9.17, 15) is 4.79 Å². The summed E-state index contributed by atoms with van der Waals surface area (Å²) in [6, 6.07) is 8.47. The first-order valence-electron chi connectivity index (χ1n) is 9.95. The maximum atomic E-state index is 12.1. The summed E-state index contributed by atoms with van der Waals surface area (Å²) in [6.07, 6.45) is 9.36. The molecule has 0 spiro atoms. The highest BCUT2D eigenvalue weighted by atomic mass is 32.1. The van der Waals surface area contributed by atoms with Gasteiger partial charge in [0.05, 0.1) is 17.3 Å². The molecule has 4 rings (SSSR count). The number of hydrogen-bond donors (Lipinski definition) is 1. The Bertz CT molecular complexity index is 1030. The quantitative estimate of drug-likeness (QED) is 0.619. The summed E-state index contributed by atoms with van der Waals surface area (Å²) in [5, 5.41) is 2.99. The van der Waals surface area contributed by atoms with Gasteiger partial charge < -0.3 is 10.1 Å². The molecule has 2 heterocycles. The average molecular weight is 419 g/mol. The molecule has 152 valence electrons. The Morgan fingerprint density at radius 3 is 2.53 bits per heavy atom. The van der Waals surface area contributed by atoms with Crippen molar-refractivity contribution in [2.45, 2.75) is 44.8 Å². The monoisotopic (exact) mass is 418 g/mol. The molecule has 0 bridgehead atoms. The topological polar surface area (TPSA) is 77.0 Å². The van der Waals surface area contributed by atoms with Crippen molar-refractivity contribution >= 4 is 17.2 Å². The molecule has 1 saturated carbocycles. The molecule has 3 aromatic rings. The second-order valence-corrected chi connectivity index (χ2v) is 8.20. The van der Waals surface area contributed by atoms with Gasteiger partial charge in [0.15, 0.2) is 0 Å². The number of hydrogen-bond acceptors (Lipinski definition) is 6. The van der Waals surface area contributed by atoms with E-state index in [0.717, 1.165) is 36.0 Å². The second kappa shape index (κ2) is 9.51. The Morgan fingerprint density at radius 2 is 1.90 bits per heavy atom. The van der Waals surface area contributed by atoms with Crippen LogP contribution in [0, 0.1) is 11.8 Å². The molecule has 1 N–H and O–H groups in total. The van der Waals surface area contributed by atoms with E-state index in [2.05, 4.69) is 32.1 Å². The van der Waals surface area contributed by atoms with Crippen LogP contribution in [0.4, 0.5) is 0 Å². The van der Waals surface area contributed by atoms with Crippen molar-refractivity contribution in [1.82, 2.24) is 20.3 Å². The van der Waals surface area contributed by atoms with Crippen LogP contribution in [0.3, 0.4) is 0 Å². The number of rotatable bonds is 6. The maximum absolute atomic E-state index is 12.1. The molecule has 7 heteroatoms. The van der Waals surface area contributed by atoms with Crippen LogP contribution < -0.4 is 10.1 Å². The van der Waals surface area contributed by atoms with Crippen molar-refractivity contribution in [3.05, 3.63) is 69.9 Å². The van der Waals surface area contributed by atoms with Crippen molar-refractivity contribution in [2.75, 3.05) is 0 Å². The summed E-state index contributed by atoms with van der Waals surface area (Å²) in [4.78, 5) is 25.1. The molecule has 1 aliphatic rings. The Hall–Kier alpha value is -3.24. The van der Waals surface area contributed by atoms with Crippen LogP contribution in [-0.4, -0.2) is 33.0 Å². The Kier molecular flexibility index (Phi) is 6.35. The smallest absolute Gasteiger partial charge is 0.316 e. The van der Waals surface area contributed by atoms with Crippen LogP contribution in [0.1, 0.15) is 52.5 Å². The summed E-state index contributed by atoms with van der Waals surface area (Å²) in [7, 11) is 0. The number of carbonyl (C=O) groups is 1. The van der Waals surface area contributed by atoms with E-state index in [0.29, 0.717) is 10.9 Å². The number of nitrogens with zero attached hydrogens (tertiary/aromatic N) is 3. The molecule has 1 amide bonds. The van der Waals surface area contributed by atoms with Crippen LogP contribution >= 0.6 is 11.3 Å². The summed E-state index contributed by atoms with van der Waals surface area (Å²) in [5.74, 6) is 6.12. The fourth-order valence-corrected chi connectivity index (χ4v) is 3.50. The number of amides is 1. The van der Waals surface area contributed by atoms with Crippen LogP contribution in [0.25, 0.3) is 0 Å². The highest BCUT2D eigenvalue weighted by molar-refractivity contribution is 7.11. The van der Waals surface area contributed by atoms with Crippen molar-refractivity contribution < 1.29 is 9.53 Å². The maximum Gasteiger partial charge on any atom is 0.316 e. The minimum absolute atomic E-state index is 0.0225. The third kappa shape index (κ3) is 5.43. The minimum Gasteiger partial charge on any atom is -0.460 e. The molecule has 6 nitrogen and oxygen atoms in total. The zero-order valence-corrected chi connectivity index (χ0v) is 17.5. The van der Waals surface area contributed by atoms with E-state index in [1.165, 1.54) is 17.8 Å². The average Bonchev–Trinajstić information content (AvgIpc) is 3.26. The standard InChI is InChI=1S/C23H22N4O2S/c1-16(27-22(28)21-14-24-15-30-21)11-18-8-5-17(6-9-18)7-10-19-12-25-23(26-13-19)29-20-3-2-4-20/h5-6,8-9,12-16,20H,2-4,11H2,1H3,(H,27,28). The first-order valence-corrected chi connectivity index (χ1v) is 10.8. The summed E-state index contributed by atoms with van der Waals surface area (Å²) < 4.78 is 5.66. The summed E-state index contributed by atoms with van der Waals surface area (Å²) >= 11 is 1.34. The van der Waals surface area contributed by atoms with Crippen LogP contribution in [0.2, 0.25) is 0 Å². The van der Waals surface area contributed by atoms with Gasteiger partial charge >= 0.3 is 6.01 Å². The van der Waals surface area contributed by atoms with E-state index < -0.39 is 0 Å². The van der Waals surface area contributed by atoms with Gasteiger partial charge in [-0.2, -0.15) is 0 Å². The molecule has 1 unspecified atom stereocenters. The summed E-state index contributed by atoms with van der Waals surface area (Å²) in [6.45, 7) is 1.99. The highest BCUT2D eigenvalue weighted by Gasteiger charge is 2.19. The van der Waals surface area contributed by atoms with Gasteiger partial charge in [0.2, 0.25) is 0 Å². The lowest BCUT2D eigenvalue weighted by Crippen LogP contribution is -2.33. The molecule has 1 atom stereocenters. The lowest BCUT2D eigenvalue weighted by molar-refractivity contribution is 0.0944. The van der Waals surface area contributed by atoms with Gasteiger partial charge in [0.25, 0.3) is 5.91 Å². The fraction of sp³-hybridized carbons (Fsp3) is 0.304. The Labute approximate surface area is 179 Å². The van der Waals surface area contributed by atoms with Crippen molar-refractivity contribution in [3.63, 3.8) is 0 Å². The van der Waals surface area contributed by atoms with Gasteiger partial charge in [-0.25, -0.2) is 9.97 Å². The molecule has 30 heavy (non-hydrogen) atoms. The highest BCUT2D eigenvalue weighted by Crippen LogP contribution is 2.22. The third-order valence-corrected chi connectivity index (χ3v) is 5.60. The molecule has 0 radical (unpaired) electrons. The molecule has 0 aliphatic heterocycles. The molecule has 1 fully saturated rings. The lowest BCUT2D eigenvalue weighted by Gasteiger charge is -2.24. The first-order chi connectivity index (χ1) is 14.7. The van der Waals surface area contributed by atoms with Crippen LogP contribution in [-0.2, 0) is 6.42 Å². The number of carbonyl (C=O) groups excluding carboxylic acids is 1. The number of benzene rings is 1. The minimum atomic E-state index is -0.0844. The molecule has 0 saturated heterocycles. The molecule has 1 aromatic carbocycles. The largest absolute Gasteiger partial charge is 0.460 e. The molecule has 2 aromatic heterocycles. The van der Waals surface area contributed by atoms with Crippen molar-refractivity contribution in [2.24, 2.45) is 0 Å². The predicted molar refractivity (Wildman–Crippen MR) is 115 cm³/mol. The number of nitrogens with one attached hydrogen (secondary N) is 1. The number of ether oxygens (including phenoxy) is 1. The fourth-order valence-electron chi connectivity index (χ4n) is 2.98. The van der Waals surface area contributed by atoms with E-state index >= 15 is 0 Å². The zero-order valence-electron chi connectivity index (χ0n) is 16.7. The van der Waals surface area contributed by atoms with Crippen molar-refractivity contribution in [3.8, 4) is 17.9 Å². The van der Waals surface area contributed by atoms with Gasteiger partial charge in [-0.15, -0.1) is 11.3 Å². The lowest BCUT2D eigenvalue weighted by atomic mass is 9.96. The SMILES string of the molecule is CC(Cc1ccc(C#Cc2cnc(OC3CCC3)nc2)cc1)NC(=O)c1cncs1. The molecular formula is C23H22N4O2S. The summed E-state index contributed by atoms with van der Waals surface area (Å²) in [5.41, 5.74) is 4.45. The second-order valence-electron chi connectivity index (χ2n) is 7.32. The predicted octanol–water partition coefficient (Wildman–Crippen LogP) is 3.63. The number of thiazole rings is 1. The van der Waals surface area contributed by atoms with E-state index in [4.69, 9.17) is 4.74 Å². The number of aromatic nitrogens is 3. The normalized spacial score (nSPS) is 14.2. The Balaban J connectivity index is 1.30. The van der Waals surface area contributed by atoms with Gasteiger partial charge in [0, 0.05) is 24.0 Å². The van der Waals surface area contributed by atoms with E-state index in [1.54, 1.807) is 24.1 Å². The van der Waals surface area contributed by atoms with Crippen LogP contribution in [0.15, 0.2) is 48.4 Å². The first kappa shape index (κ1) is 20.0. The van der Waals surface area contributed by atoms with Gasteiger partial charge in [0.1, 0.15) is 11.0 Å². The Morgan fingerprint density at radius 1 is 1.17 bits per heavy atom. The van der Waals surface area contributed by atoms with E-state index in [-0.39, 0.29) is 18.1 Å². The van der Waals surface area contributed by atoms with E-state index in [1.807, 2.05) is 31.2 Å². The molecule has 1 aliphatic carbocycles. The van der Waals surface area contributed by atoms with Gasteiger partial charge in [-0.1, -0.05) is 24.0 Å². The van der Waals surface area contributed by atoms with Gasteiger partial charge in [-0.3, -0.25) is 9.78 Å². The zero-order chi connectivity index (χ0) is 20.8. The van der Waals surface area contributed by atoms with Gasteiger partial charge in [-0.05, 0) is 50.3 Å². The molecular weight excluding hydrogens is 396 g/mol. The van der Waals surface area contributed by atoms with Crippen LogP contribution in [0.5, 0.6) is 6.01 Å². The van der Waals surface area contributed by atoms with Crippen molar-refractivity contribution in [1.29, 1.82) is 0 Å². The third-order valence-electron chi connectivity index (χ3n) is 4.83.